The summed E-state index contributed by atoms with van der Waals surface area (Å²) < 4.78 is 5.00. The van der Waals surface area contributed by atoms with Crippen LogP contribution in [0.25, 0.3) is 0 Å². The Bertz CT molecular complexity index is 529. The van der Waals surface area contributed by atoms with Gasteiger partial charge in [-0.15, -0.1) is 11.3 Å². The number of esters is 1. The molecule has 1 N–H and O–H groups in total. The molecule has 4 nitrogen and oxygen atoms in total. The van der Waals surface area contributed by atoms with Gasteiger partial charge in [0.1, 0.15) is 0 Å². The van der Waals surface area contributed by atoms with Gasteiger partial charge in [-0.1, -0.05) is 0 Å². The maximum atomic E-state index is 11.7. The molecule has 1 aromatic heterocycles. The average Bonchev–Trinajstić information content (AvgIpc) is 2.95. The third-order valence-corrected chi connectivity index (χ3v) is 6.62. The van der Waals surface area contributed by atoms with Crippen molar-refractivity contribution in [2.45, 2.75) is 51.6 Å². The fraction of sp³-hybridized carbons (Fsp3) is 0.765. The van der Waals surface area contributed by atoms with Crippen LogP contribution >= 0.6 is 11.3 Å². The number of nitrogens with zero attached hydrogens (tertiary/aromatic N) is 1. The second-order valence-electron chi connectivity index (χ2n) is 7.20. The first-order valence-electron chi connectivity index (χ1n) is 8.57. The van der Waals surface area contributed by atoms with E-state index < -0.39 is 0 Å². The van der Waals surface area contributed by atoms with Crippen LogP contribution in [0.2, 0.25) is 0 Å². The summed E-state index contributed by atoms with van der Waals surface area (Å²) >= 11 is 1.39. The molecule has 5 heteroatoms. The Morgan fingerprint density at radius 2 is 1.95 bits per heavy atom. The summed E-state index contributed by atoms with van der Waals surface area (Å²) in [5, 5.41) is 6.21. The van der Waals surface area contributed by atoms with E-state index in [-0.39, 0.29) is 5.97 Å². The molecule has 4 aliphatic rings. The number of aromatic nitrogens is 1. The average molecular weight is 320 g/mol. The molecular weight excluding hydrogens is 296 g/mol. The number of carbonyl (C=O) groups excluding carboxylic acids is 1. The fourth-order valence-corrected chi connectivity index (χ4v) is 5.86. The molecule has 0 saturated heterocycles. The summed E-state index contributed by atoms with van der Waals surface area (Å²) in [6.07, 6.45) is 7.20. The van der Waals surface area contributed by atoms with E-state index in [0.29, 0.717) is 17.7 Å². The van der Waals surface area contributed by atoms with Gasteiger partial charge in [-0.3, -0.25) is 0 Å². The van der Waals surface area contributed by atoms with Crippen molar-refractivity contribution in [1.82, 2.24) is 10.3 Å². The first kappa shape index (κ1) is 14.6. The summed E-state index contributed by atoms with van der Waals surface area (Å²) in [7, 11) is 0. The minimum absolute atomic E-state index is 0.298. The molecule has 1 aromatic rings. The van der Waals surface area contributed by atoms with E-state index in [0.717, 1.165) is 35.9 Å². The van der Waals surface area contributed by atoms with E-state index >= 15 is 0 Å². The van der Waals surface area contributed by atoms with Gasteiger partial charge < -0.3 is 10.1 Å². The molecule has 4 saturated carbocycles. The molecular formula is C17H24N2O2S. The second kappa shape index (κ2) is 5.93. The Balaban J connectivity index is 1.36. The first-order valence-corrected chi connectivity index (χ1v) is 9.45. The number of carbonyl (C=O) groups is 1. The lowest BCUT2D eigenvalue weighted by Crippen LogP contribution is -2.54. The number of nitrogens with one attached hydrogen (secondary N) is 1. The van der Waals surface area contributed by atoms with Gasteiger partial charge in [0.2, 0.25) is 5.01 Å². The van der Waals surface area contributed by atoms with Gasteiger partial charge in [-0.05, 0) is 62.7 Å². The smallest absolute Gasteiger partial charge is 0.367 e. The largest absolute Gasteiger partial charge is 0.461 e. The van der Waals surface area contributed by atoms with Crippen molar-refractivity contribution < 1.29 is 9.53 Å². The van der Waals surface area contributed by atoms with Crippen LogP contribution in [-0.2, 0) is 11.3 Å². The molecule has 1 heterocycles. The summed E-state index contributed by atoms with van der Waals surface area (Å²) in [6, 6.07) is 0.667. The van der Waals surface area contributed by atoms with E-state index in [1.54, 1.807) is 0 Å². The maximum absolute atomic E-state index is 11.7. The molecule has 4 fully saturated rings. The van der Waals surface area contributed by atoms with E-state index in [4.69, 9.17) is 4.74 Å². The zero-order valence-electron chi connectivity index (χ0n) is 13.1. The van der Waals surface area contributed by atoms with Gasteiger partial charge in [0.05, 0.1) is 12.3 Å². The summed E-state index contributed by atoms with van der Waals surface area (Å²) in [4.78, 5) is 16.1. The Morgan fingerprint density at radius 1 is 1.27 bits per heavy atom. The van der Waals surface area contributed by atoms with Crippen LogP contribution in [0.15, 0.2) is 5.38 Å². The van der Waals surface area contributed by atoms with Crippen LogP contribution in [0.5, 0.6) is 0 Å². The van der Waals surface area contributed by atoms with Crippen molar-refractivity contribution in [2.75, 3.05) is 6.61 Å². The van der Waals surface area contributed by atoms with Gasteiger partial charge in [-0.2, -0.15) is 0 Å². The number of hydrogen-bond acceptors (Lipinski definition) is 5. The number of thiazole rings is 1. The Labute approximate surface area is 135 Å². The maximum Gasteiger partial charge on any atom is 0.367 e. The minimum atomic E-state index is -0.298. The molecule has 120 valence electrons. The first-order chi connectivity index (χ1) is 10.7. The van der Waals surface area contributed by atoms with Crippen molar-refractivity contribution in [3.63, 3.8) is 0 Å². The highest BCUT2D eigenvalue weighted by atomic mass is 32.1. The normalized spacial score (nSPS) is 35.8. The molecule has 4 aliphatic carbocycles. The molecule has 22 heavy (non-hydrogen) atoms. The van der Waals surface area contributed by atoms with Crippen LogP contribution in [0.1, 0.15) is 54.5 Å². The molecule has 0 spiro atoms. The lowest BCUT2D eigenvalue weighted by Gasteiger charge is -2.54. The van der Waals surface area contributed by atoms with Crippen LogP contribution < -0.4 is 5.32 Å². The highest BCUT2D eigenvalue weighted by molar-refractivity contribution is 7.11. The Morgan fingerprint density at radius 3 is 2.59 bits per heavy atom. The van der Waals surface area contributed by atoms with Gasteiger partial charge >= 0.3 is 5.97 Å². The van der Waals surface area contributed by atoms with E-state index in [9.17, 15) is 4.79 Å². The van der Waals surface area contributed by atoms with Crippen molar-refractivity contribution in [1.29, 1.82) is 0 Å². The van der Waals surface area contributed by atoms with Gasteiger partial charge in [0.15, 0.2) is 0 Å². The molecule has 0 amide bonds. The van der Waals surface area contributed by atoms with Crippen molar-refractivity contribution in [3.05, 3.63) is 16.1 Å². The van der Waals surface area contributed by atoms with E-state index in [2.05, 4.69) is 10.3 Å². The molecule has 0 radical (unpaired) electrons. The topological polar surface area (TPSA) is 51.2 Å². The van der Waals surface area contributed by atoms with Crippen LogP contribution in [0.4, 0.5) is 0 Å². The summed E-state index contributed by atoms with van der Waals surface area (Å²) in [5.41, 5.74) is 0.974. The Kier molecular flexibility index (Phi) is 3.95. The lowest BCUT2D eigenvalue weighted by molar-refractivity contribution is -0.0143. The van der Waals surface area contributed by atoms with E-state index in [1.165, 1.54) is 43.4 Å². The zero-order valence-corrected chi connectivity index (χ0v) is 13.9. The van der Waals surface area contributed by atoms with Crippen LogP contribution in [0, 0.1) is 23.7 Å². The van der Waals surface area contributed by atoms with Crippen LogP contribution in [0.3, 0.4) is 0 Å². The number of hydrogen-bond donors (Lipinski definition) is 1. The molecule has 0 aromatic carbocycles. The summed E-state index contributed by atoms with van der Waals surface area (Å²) in [5.74, 6) is 3.47. The minimum Gasteiger partial charge on any atom is -0.461 e. The Hall–Kier alpha value is -0.940. The van der Waals surface area contributed by atoms with E-state index in [1.807, 2.05) is 12.3 Å². The zero-order chi connectivity index (χ0) is 15.1. The molecule has 0 atom stereocenters. The molecule has 4 bridgehead atoms. The third-order valence-electron chi connectivity index (χ3n) is 5.75. The molecule has 0 aliphatic heterocycles. The highest BCUT2D eigenvalue weighted by Crippen LogP contribution is 2.53. The van der Waals surface area contributed by atoms with Crippen molar-refractivity contribution in [3.8, 4) is 0 Å². The van der Waals surface area contributed by atoms with Gasteiger partial charge in [0, 0.05) is 18.0 Å². The van der Waals surface area contributed by atoms with Gasteiger partial charge in [0.25, 0.3) is 0 Å². The predicted molar refractivity (Wildman–Crippen MR) is 85.7 cm³/mol. The standard InChI is InChI=1S/C17H24N2O2S/c1-2-21-17(20)16-19-14(9-22-16)8-18-15-12-4-10-3-11(6-12)7-13(15)5-10/h9-13,15,18H,2-8H2,1H3. The molecule has 5 rings (SSSR count). The quantitative estimate of drug-likeness (QED) is 0.846. The van der Waals surface area contributed by atoms with Crippen molar-refractivity contribution in [2.24, 2.45) is 23.7 Å². The molecule has 0 unspecified atom stereocenters. The monoisotopic (exact) mass is 320 g/mol. The van der Waals surface area contributed by atoms with Crippen molar-refractivity contribution >= 4 is 17.3 Å². The lowest BCUT2D eigenvalue weighted by atomic mass is 9.54. The third kappa shape index (κ3) is 2.69. The number of rotatable bonds is 5. The predicted octanol–water partition coefficient (Wildman–Crippen LogP) is 3.23. The number of ether oxygens (including phenoxy) is 1. The van der Waals surface area contributed by atoms with Gasteiger partial charge in [-0.25, -0.2) is 9.78 Å². The van der Waals surface area contributed by atoms with Crippen LogP contribution in [-0.4, -0.2) is 23.6 Å². The highest BCUT2D eigenvalue weighted by Gasteiger charge is 2.47. The SMILES string of the molecule is CCOC(=O)c1nc(CNC2C3CC4CC(C3)CC2C4)cs1. The fourth-order valence-electron chi connectivity index (χ4n) is 5.16. The second-order valence-corrected chi connectivity index (χ2v) is 8.06. The summed E-state index contributed by atoms with van der Waals surface area (Å²) in [6.45, 7) is 3.00.